The van der Waals surface area contributed by atoms with Crippen LogP contribution in [0, 0.1) is 0 Å². The van der Waals surface area contributed by atoms with Gasteiger partial charge in [0.25, 0.3) is 12.3 Å². The largest absolute Gasteiger partial charge is 0.437 e. The highest BCUT2D eigenvalue weighted by atomic mass is 79.9. The van der Waals surface area contributed by atoms with Crippen LogP contribution < -0.4 is 4.74 Å². The van der Waals surface area contributed by atoms with E-state index in [9.17, 15) is 14.0 Å². The number of ether oxygens (including phenoxy) is 1. The second kappa shape index (κ2) is 6.62. The summed E-state index contributed by atoms with van der Waals surface area (Å²) in [6.45, 7) is 1.50. The number of aryl methyl sites for hydroxylation is 1. The van der Waals surface area contributed by atoms with Gasteiger partial charge < -0.3 is 4.74 Å². The number of hydrogen-bond donors (Lipinski definition) is 0. The van der Waals surface area contributed by atoms with Gasteiger partial charge in [0.15, 0.2) is 0 Å². The molecular weight excluding hydrogens is 384 g/mol. The van der Waals surface area contributed by atoms with Gasteiger partial charge in [-0.3, -0.25) is 4.68 Å². The van der Waals surface area contributed by atoms with Crippen molar-refractivity contribution in [1.82, 2.24) is 9.78 Å². The fourth-order valence-electron chi connectivity index (χ4n) is 1.79. The van der Waals surface area contributed by atoms with E-state index in [2.05, 4.69) is 26.2 Å². The van der Waals surface area contributed by atoms with E-state index < -0.39 is 6.43 Å². The third-order valence-corrected chi connectivity index (χ3v) is 3.96. The summed E-state index contributed by atoms with van der Waals surface area (Å²) in [5, 5.41) is 17.7. The summed E-state index contributed by atoms with van der Waals surface area (Å²) >= 11 is 9.02. The number of benzene rings is 1. The average Bonchev–Trinajstić information content (AvgIpc) is 2.74. The van der Waals surface area contributed by atoms with E-state index in [0.29, 0.717) is 16.3 Å². The highest BCUT2D eigenvalue weighted by Crippen LogP contribution is 2.36. The third-order valence-electron chi connectivity index (χ3n) is 2.89. The summed E-state index contributed by atoms with van der Waals surface area (Å²) in [6.07, 6.45) is -2.69. The third kappa shape index (κ3) is 3.22. The van der Waals surface area contributed by atoms with E-state index in [4.69, 9.17) is 16.3 Å². The predicted molar refractivity (Wildman–Crippen MR) is 80.3 cm³/mol. The van der Waals surface area contributed by atoms with Gasteiger partial charge in [-0.15, -0.1) is 10.3 Å². The van der Waals surface area contributed by atoms with Gasteiger partial charge in [-0.1, -0.05) is 11.6 Å². The Labute approximate surface area is 138 Å². The SMILES string of the molecule is CC(=N[O])c1cc(Oc2nn(C)c(C(F)F)c2Br)ccc1Cl. The highest BCUT2D eigenvalue weighted by Gasteiger charge is 2.23. The highest BCUT2D eigenvalue weighted by molar-refractivity contribution is 9.10. The maximum absolute atomic E-state index is 12.9. The van der Waals surface area contributed by atoms with Gasteiger partial charge in [0.05, 0.1) is 10.7 Å². The Morgan fingerprint density at radius 1 is 1.50 bits per heavy atom. The Hall–Kier alpha value is -1.67. The molecule has 0 N–H and O–H groups in total. The van der Waals surface area contributed by atoms with Crippen LogP contribution in [0.2, 0.25) is 5.02 Å². The second-order valence-electron chi connectivity index (χ2n) is 4.35. The molecular formula is C13H10BrClF2N3O2. The van der Waals surface area contributed by atoms with Crippen molar-refractivity contribution < 1.29 is 18.7 Å². The molecule has 0 fully saturated rings. The van der Waals surface area contributed by atoms with Gasteiger partial charge in [-0.25, -0.2) is 8.78 Å². The molecule has 0 aliphatic rings. The van der Waals surface area contributed by atoms with Crippen LogP contribution in [0.25, 0.3) is 0 Å². The molecule has 117 valence electrons. The maximum atomic E-state index is 12.9. The molecule has 2 aromatic rings. The zero-order valence-electron chi connectivity index (χ0n) is 11.5. The van der Waals surface area contributed by atoms with Gasteiger partial charge in [-0.05, 0) is 46.2 Å². The van der Waals surface area contributed by atoms with Crippen LogP contribution in [0.4, 0.5) is 8.78 Å². The van der Waals surface area contributed by atoms with Gasteiger partial charge in [0.1, 0.15) is 15.9 Å². The van der Waals surface area contributed by atoms with Crippen molar-refractivity contribution in [2.24, 2.45) is 12.2 Å². The molecule has 0 atom stereocenters. The molecule has 2 rings (SSSR count). The Morgan fingerprint density at radius 3 is 2.73 bits per heavy atom. The Morgan fingerprint density at radius 2 is 2.18 bits per heavy atom. The Bertz CT molecular complexity index is 734. The van der Waals surface area contributed by atoms with Crippen LogP contribution in [-0.2, 0) is 12.3 Å². The molecule has 9 heteroatoms. The van der Waals surface area contributed by atoms with Crippen molar-refractivity contribution in [2.45, 2.75) is 13.3 Å². The molecule has 0 saturated heterocycles. The van der Waals surface area contributed by atoms with E-state index in [-0.39, 0.29) is 21.8 Å². The first-order valence-corrected chi connectivity index (χ1v) is 7.17. The van der Waals surface area contributed by atoms with Crippen molar-refractivity contribution in [3.63, 3.8) is 0 Å². The molecule has 0 spiro atoms. The molecule has 0 aliphatic carbocycles. The lowest BCUT2D eigenvalue weighted by molar-refractivity contribution is 0.140. The van der Waals surface area contributed by atoms with Crippen LogP contribution in [0.15, 0.2) is 27.8 Å². The first-order chi connectivity index (χ1) is 10.3. The number of alkyl halides is 2. The first kappa shape index (κ1) is 16.7. The molecule has 0 unspecified atom stereocenters. The van der Waals surface area contributed by atoms with Crippen LogP contribution in [0.1, 0.15) is 24.6 Å². The zero-order chi connectivity index (χ0) is 16.4. The second-order valence-corrected chi connectivity index (χ2v) is 5.55. The van der Waals surface area contributed by atoms with Crippen molar-refractivity contribution in [1.29, 1.82) is 0 Å². The van der Waals surface area contributed by atoms with E-state index in [0.717, 1.165) is 4.68 Å². The van der Waals surface area contributed by atoms with E-state index in [1.165, 1.54) is 32.2 Å². The molecule has 0 saturated carbocycles. The standard InChI is InChI=1S/C13H10BrClF2N3O2/c1-6(19-21)8-5-7(3-4-9(8)15)22-13-10(14)11(12(16)17)20(2)18-13/h3-5,12H,1-2H3. The monoisotopic (exact) mass is 392 g/mol. The van der Waals surface area contributed by atoms with Crippen molar-refractivity contribution in [3.8, 4) is 11.6 Å². The van der Waals surface area contributed by atoms with Gasteiger partial charge in [-0.2, -0.15) is 0 Å². The van der Waals surface area contributed by atoms with Crippen LogP contribution in [-0.4, -0.2) is 15.5 Å². The Balaban J connectivity index is 2.38. The number of nitrogens with zero attached hydrogens (tertiary/aromatic N) is 3. The molecule has 0 aliphatic heterocycles. The summed E-state index contributed by atoms with van der Waals surface area (Å²) in [5.41, 5.74) is 0.292. The molecule has 22 heavy (non-hydrogen) atoms. The molecule has 1 radical (unpaired) electrons. The van der Waals surface area contributed by atoms with Gasteiger partial charge >= 0.3 is 0 Å². The van der Waals surface area contributed by atoms with Crippen molar-refractivity contribution in [3.05, 3.63) is 39.0 Å². The van der Waals surface area contributed by atoms with Crippen LogP contribution in [0.5, 0.6) is 11.6 Å². The predicted octanol–water partition coefficient (Wildman–Crippen LogP) is 4.72. The van der Waals surface area contributed by atoms with Crippen molar-refractivity contribution >= 4 is 33.2 Å². The summed E-state index contributed by atoms with van der Waals surface area (Å²) in [5.74, 6) is 0.282. The zero-order valence-corrected chi connectivity index (χ0v) is 13.8. The molecule has 0 amide bonds. The van der Waals surface area contributed by atoms with Crippen LogP contribution >= 0.6 is 27.5 Å². The topological polar surface area (TPSA) is 59.3 Å². The summed E-state index contributed by atoms with van der Waals surface area (Å²) in [4.78, 5) is 0. The fraction of sp³-hybridized carbons (Fsp3) is 0.231. The number of halogens is 4. The lowest BCUT2D eigenvalue weighted by Gasteiger charge is -2.07. The maximum Gasteiger partial charge on any atom is 0.281 e. The smallest absolute Gasteiger partial charge is 0.281 e. The molecule has 1 aromatic heterocycles. The van der Waals surface area contributed by atoms with E-state index in [1.807, 2.05) is 0 Å². The minimum absolute atomic E-state index is 0.0113. The molecule has 5 nitrogen and oxygen atoms in total. The summed E-state index contributed by atoms with van der Waals surface area (Å²) in [6, 6.07) is 4.54. The number of rotatable bonds is 4. The molecule has 0 bridgehead atoms. The lowest BCUT2D eigenvalue weighted by Crippen LogP contribution is -1.98. The van der Waals surface area contributed by atoms with Gasteiger partial charge in [0, 0.05) is 12.6 Å². The number of hydrogen-bond acceptors (Lipinski definition) is 3. The first-order valence-electron chi connectivity index (χ1n) is 6.00. The quantitative estimate of drug-likeness (QED) is 0.557. The molecule has 1 aromatic carbocycles. The lowest BCUT2D eigenvalue weighted by atomic mass is 10.1. The van der Waals surface area contributed by atoms with Crippen molar-refractivity contribution in [2.75, 3.05) is 0 Å². The summed E-state index contributed by atoms with van der Waals surface area (Å²) < 4.78 is 32.4. The minimum Gasteiger partial charge on any atom is -0.437 e. The summed E-state index contributed by atoms with van der Waals surface area (Å²) in [7, 11) is 1.39. The molecule has 1 heterocycles. The normalized spacial score (nSPS) is 12.0. The Kier molecular flexibility index (Phi) is 5.02. The minimum atomic E-state index is -2.69. The number of aromatic nitrogens is 2. The van der Waals surface area contributed by atoms with Crippen LogP contribution in [0.3, 0.4) is 0 Å². The fourth-order valence-corrected chi connectivity index (χ4v) is 2.64. The van der Waals surface area contributed by atoms with Gasteiger partial charge in [0.2, 0.25) is 0 Å². The van der Waals surface area contributed by atoms with E-state index >= 15 is 0 Å². The van der Waals surface area contributed by atoms with E-state index in [1.54, 1.807) is 0 Å². The average molecular weight is 394 g/mol.